The van der Waals surface area contributed by atoms with Crippen LogP contribution in [0.2, 0.25) is 0 Å². The molecule has 0 fully saturated rings. The summed E-state index contributed by atoms with van der Waals surface area (Å²) in [6.45, 7) is 1.99. The lowest BCUT2D eigenvalue weighted by Crippen LogP contribution is -2.04. The van der Waals surface area contributed by atoms with Gasteiger partial charge in [0.15, 0.2) is 5.43 Å². The molecule has 4 heteroatoms. The van der Waals surface area contributed by atoms with E-state index in [-0.39, 0.29) is 5.43 Å². The molecular formula is C10H11NO3. The smallest absolute Gasteiger partial charge is 0.331 e. The van der Waals surface area contributed by atoms with E-state index in [4.69, 9.17) is 5.11 Å². The number of carboxylic acids is 1. The van der Waals surface area contributed by atoms with Gasteiger partial charge >= 0.3 is 5.97 Å². The van der Waals surface area contributed by atoms with E-state index in [0.29, 0.717) is 12.1 Å². The Bertz CT molecular complexity index is 397. The van der Waals surface area contributed by atoms with Gasteiger partial charge in [0.25, 0.3) is 0 Å². The number of carbonyl (C=O) groups is 1. The summed E-state index contributed by atoms with van der Waals surface area (Å²) in [6.07, 6.45) is 4.83. The maximum atomic E-state index is 10.7. The molecule has 1 N–H and O–H groups in total. The van der Waals surface area contributed by atoms with Gasteiger partial charge in [0.05, 0.1) is 0 Å². The first kappa shape index (κ1) is 10.2. The zero-order valence-electron chi connectivity index (χ0n) is 7.80. The number of rotatable bonds is 3. The largest absolute Gasteiger partial charge is 0.478 e. The van der Waals surface area contributed by atoms with Crippen molar-refractivity contribution in [3.05, 3.63) is 46.4 Å². The Morgan fingerprint density at radius 3 is 2.57 bits per heavy atom. The third kappa shape index (κ3) is 2.90. The van der Waals surface area contributed by atoms with Gasteiger partial charge in [0.1, 0.15) is 0 Å². The third-order valence-electron chi connectivity index (χ3n) is 1.81. The summed E-state index contributed by atoms with van der Waals surface area (Å²) >= 11 is 0. The summed E-state index contributed by atoms with van der Waals surface area (Å²) in [4.78, 5) is 21.2. The van der Waals surface area contributed by atoms with Crippen LogP contribution in [-0.4, -0.2) is 15.6 Å². The van der Waals surface area contributed by atoms with Crippen LogP contribution >= 0.6 is 0 Å². The van der Waals surface area contributed by atoms with Crippen LogP contribution in [0.15, 0.2) is 41.0 Å². The van der Waals surface area contributed by atoms with Crippen LogP contribution in [-0.2, 0) is 11.3 Å². The second-order valence-electron chi connectivity index (χ2n) is 2.92. The molecule has 1 aromatic heterocycles. The highest BCUT2D eigenvalue weighted by Gasteiger charge is 1.97. The first-order valence-corrected chi connectivity index (χ1v) is 4.16. The molecule has 0 aromatic carbocycles. The molecule has 74 valence electrons. The molecule has 4 nitrogen and oxygen atoms in total. The fourth-order valence-electron chi connectivity index (χ4n) is 0.895. The highest BCUT2D eigenvalue weighted by Crippen LogP contribution is 1.94. The van der Waals surface area contributed by atoms with Gasteiger partial charge in [-0.1, -0.05) is 6.08 Å². The summed E-state index contributed by atoms with van der Waals surface area (Å²) in [6, 6.07) is 2.87. The molecule has 0 amide bonds. The van der Waals surface area contributed by atoms with Gasteiger partial charge in [0.2, 0.25) is 0 Å². The summed E-state index contributed by atoms with van der Waals surface area (Å²) in [7, 11) is 0. The average Bonchev–Trinajstić information content (AvgIpc) is 2.16. The monoisotopic (exact) mass is 193 g/mol. The molecule has 0 bridgehead atoms. The van der Waals surface area contributed by atoms with E-state index in [0.717, 1.165) is 0 Å². The van der Waals surface area contributed by atoms with E-state index < -0.39 is 5.97 Å². The van der Waals surface area contributed by atoms with E-state index in [1.54, 1.807) is 23.0 Å². The van der Waals surface area contributed by atoms with Gasteiger partial charge < -0.3 is 9.67 Å². The molecule has 0 unspecified atom stereocenters. The number of carboxylic acid groups (broad SMARTS) is 1. The highest BCUT2D eigenvalue weighted by atomic mass is 16.4. The minimum absolute atomic E-state index is 0.0554. The van der Waals surface area contributed by atoms with Crippen LogP contribution in [0.1, 0.15) is 6.92 Å². The Balaban J connectivity index is 2.71. The van der Waals surface area contributed by atoms with E-state index in [9.17, 15) is 9.59 Å². The first-order chi connectivity index (χ1) is 6.59. The van der Waals surface area contributed by atoms with Crippen LogP contribution in [0.5, 0.6) is 0 Å². The van der Waals surface area contributed by atoms with E-state index >= 15 is 0 Å². The van der Waals surface area contributed by atoms with Gasteiger partial charge in [-0.05, 0) is 6.92 Å². The SMILES string of the molecule is C/C(=C/Cn1ccc(=O)cc1)C(=O)O. The molecule has 0 aliphatic rings. The van der Waals surface area contributed by atoms with Crippen molar-refractivity contribution < 1.29 is 9.90 Å². The molecule has 0 aliphatic carbocycles. The van der Waals surface area contributed by atoms with E-state index in [1.165, 1.54) is 19.1 Å². The Morgan fingerprint density at radius 1 is 1.50 bits per heavy atom. The van der Waals surface area contributed by atoms with Crippen molar-refractivity contribution in [2.75, 3.05) is 0 Å². The highest BCUT2D eigenvalue weighted by molar-refractivity contribution is 5.85. The molecule has 1 heterocycles. The predicted molar refractivity (Wildman–Crippen MR) is 52.1 cm³/mol. The molecule has 0 spiro atoms. The number of aromatic nitrogens is 1. The van der Waals surface area contributed by atoms with Crippen molar-refractivity contribution in [3.8, 4) is 0 Å². The fraction of sp³-hybridized carbons (Fsp3) is 0.200. The number of allylic oxidation sites excluding steroid dienone is 1. The topological polar surface area (TPSA) is 59.3 Å². The normalized spacial score (nSPS) is 11.4. The molecule has 14 heavy (non-hydrogen) atoms. The Morgan fingerprint density at radius 2 is 2.07 bits per heavy atom. The van der Waals surface area contributed by atoms with Crippen molar-refractivity contribution in [1.82, 2.24) is 4.57 Å². The summed E-state index contributed by atoms with van der Waals surface area (Å²) in [5.74, 6) is -0.925. The Hall–Kier alpha value is -1.84. The quantitative estimate of drug-likeness (QED) is 0.725. The molecular weight excluding hydrogens is 182 g/mol. The molecule has 1 rings (SSSR count). The van der Waals surface area contributed by atoms with Gasteiger partial charge in [-0.2, -0.15) is 0 Å². The first-order valence-electron chi connectivity index (χ1n) is 4.16. The zero-order valence-corrected chi connectivity index (χ0v) is 7.80. The lowest BCUT2D eigenvalue weighted by atomic mass is 10.3. The Kier molecular flexibility index (Phi) is 3.23. The number of hydrogen-bond acceptors (Lipinski definition) is 2. The second-order valence-corrected chi connectivity index (χ2v) is 2.92. The van der Waals surface area contributed by atoms with Gasteiger partial charge in [-0.3, -0.25) is 4.79 Å². The summed E-state index contributed by atoms with van der Waals surface area (Å²) in [5.41, 5.74) is 0.240. The van der Waals surface area contributed by atoms with Crippen molar-refractivity contribution >= 4 is 5.97 Å². The van der Waals surface area contributed by atoms with Crippen LogP contribution in [0.4, 0.5) is 0 Å². The average molecular weight is 193 g/mol. The van der Waals surface area contributed by atoms with Crippen molar-refractivity contribution in [2.24, 2.45) is 0 Å². The van der Waals surface area contributed by atoms with Gasteiger partial charge in [0, 0.05) is 36.6 Å². The predicted octanol–water partition coefficient (Wildman–Crippen LogP) is 0.879. The fourth-order valence-corrected chi connectivity index (χ4v) is 0.895. The molecule has 0 atom stereocenters. The van der Waals surface area contributed by atoms with Crippen LogP contribution in [0.25, 0.3) is 0 Å². The molecule has 0 saturated heterocycles. The summed E-state index contributed by atoms with van der Waals surface area (Å²) < 4.78 is 1.73. The van der Waals surface area contributed by atoms with Crippen molar-refractivity contribution in [3.63, 3.8) is 0 Å². The summed E-state index contributed by atoms with van der Waals surface area (Å²) in [5, 5.41) is 8.58. The lowest BCUT2D eigenvalue weighted by molar-refractivity contribution is -0.132. The maximum absolute atomic E-state index is 10.7. The molecule has 0 aliphatic heterocycles. The molecule has 0 radical (unpaired) electrons. The second kappa shape index (κ2) is 4.41. The number of aliphatic carboxylic acids is 1. The van der Waals surface area contributed by atoms with Gasteiger partial charge in [-0.15, -0.1) is 0 Å². The lowest BCUT2D eigenvalue weighted by Gasteiger charge is -2.01. The number of pyridine rings is 1. The zero-order chi connectivity index (χ0) is 10.6. The maximum Gasteiger partial charge on any atom is 0.331 e. The van der Waals surface area contributed by atoms with Gasteiger partial charge in [-0.25, -0.2) is 4.79 Å². The van der Waals surface area contributed by atoms with Crippen LogP contribution in [0, 0.1) is 0 Å². The van der Waals surface area contributed by atoms with Crippen LogP contribution < -0.4 is 5.43 Å². The number of hydrogen-bond donors (Lipinski definition) is 1. The van der Waals surface area contributed by atoms with Crippen LogP contribution in [0.3, 0.4) is 0 Å². The van der Waals surface area contributed by atoms with Crippen molar-refractivity contribution in [2.45, 2.75) is 13.5 Å². The molecule has 1 aromatic rings. The minimum atomic E-state index is -0.925. The Labute approximate surface area is 81.1 Å². The standard InChI is InChI=1S/C10H11NO3/c1-8(10(13)14)2-5-11-6-3-9(12)4-7-11/h2-4,6-7H,5H2,1H3,(H,13,14)/b8-2-. The third-order valence-corrected chi connectivity index (χ3v) is 1.81. The minimum Gasteiger partial charge on any atom is -0.478 e. The number of nitrogens with zero attached hydrogens (tertiary/aromatic N) is 1. The van der Waals surface area contributed by atoms with E-state index in [2.05, 4.69) is 0 Å². The van der Waals surface area contributed by atoms with Crippen molar-refractivity contribution in [1.29, 1.82) is 0 Å². The molecule has 0 saturated carbocycles. The van der Waals surface area contributed by atoms with E-state index in [1.807, 2.05) is 0 Å².